The molecule has 7 heteroatoms. The molecule has 0 fully saturated rings. The number of rotatable bonds is 5. The molecule has 1 rings (SSSR count). The van der Waals surface area contributed by atoms with Crippen molar-refractivity contribution < 1.29 is 23.4 Å². The van der Waals surface area contributed by atoms with Crippen molar-refractivity contribution in [2.45, 2.75) is 18.9 Å². The number of carboxylic acid groups (broad SMARTS) is 1. The molecule has 18 heavy (non-hydrogen) atoms. The van der Waals surface area contributed by atoms with Crippen LogP contribution in [0, 0.1) is 11.3 Å². The Balaban J connectivity index is 3.27. The Morgan fingerprint density at radius 1 is 1.56 bits per heavy atom. The summed E-state index contributed by atoms with van der Waals surface area (Å²) in [6.07, 6.45) is -0.419. The van der Waals surface area contributed by atoms with Crippen molar-refractivity contribution >= 4 is 17.6 Å². The Bertz CT molecular complexity index is 500. The van der Waals surface area contributed by atoms with E-state index in [0.29, 0.717) is 5.56 Å². The van der Waals surface area contributed by atoms with Crippen LogP contribution in [0.4, 0.5) is 8.78 Å². The van der Waals surface area contributed by atoms with Gasteiger partial charge in [-0.05, 0) is 23.3 Å². The van der Waals surface area contributed by atoms with Crippen molar-refractivity contribution in [1.29, 1.82) is 5.26 Å². The normalized spacial score (nSPS) is 10.2. The maximum absolute atomic E-state index is 12.1. The Hall–Kier alpha value is -1.87. The smallest absolute Gasteiger partial charge is 0.387 e. The lowest BCUT2D eigenvalue weighted by molar-refractivity contribution is -0.136. The second-order valence-electron chi connectivity index (χ2n) is 3.30. The molecule has 0 aliphatic rings. The molecule has 1 aromatic carbocycles. The molecule has 4 nitrogen and oxygen atoms in total. The Kier molecular flexibility index (Phi) is 4.86. The number of nitriles is 1. The number of carboxylic acids is 1. The second-order valence-corrected chi connectivity index (χ2v) is 3.57. The predicted molar refractivity (Wildman–Crippen MR) is 58.7 cm³/mol. The van der Waals surface area contributed by atoms with Gasteiger partial charge in [0.2, 0.25) is 0 Å². The van der Waals surface area contributed by atoms with E-state index in [1.54, 1.807) is 6.07 Å². The summed E-state index contributed by atoms with van der Waals surface area (Å²) in [6, 6.07) is 4.03. The van der Waals surface area contributed by atoms with E-state index in [2.05, 4.69) is 4.74 Å². The number of carbonyl (C=O) groups is 1. The monoisotopic (exact) mass is 275 g/mol. The third-order valence-electron chi connectivity index (χ3n) is 2.14. The largest absolute Gasteiger partial charge is 0.481 e. The van der Waals surface area contributed by atoms with Gasteiger partial charge in [0.1, 0.15) is 5.75 Å². The van der Waals surface area contributed by atoms with Crippen molar-refractivity contribution in [3.05, 3.63) is 28.8 Å². The minimum Gasteiger partial charge on any atom is -0.481 e. The molecule has 0 aliphatic carbocycles. The fraction of sp³-hybridized carbons (Fsp3) is 0.273. The van der Waals surface area contributed by atoms with Gasteiger partial charge in [-0.2, -0.15) is 14.0 Å². The van der Waals surface area contributed by atoms with Crippen LogP contribution in [-0.2, 0) is 17.1 Å². The van der Waals surface area contributed by atoms with Gasteiger partial charge in [-0.25, -0.2) is 0 Å². The highest BCUT2D eigenvalue weighted by molar-refractivity contribution is 6.17. The summed E-state index contributed by atoms with van der Waals surface area (Å²) in [5.41, 5.74) is 0.523. The predicted octanol–water partition coefficient (Wildman–Crippen LogP) is 2.53. The van der Waals surface area contributed by atoms with Gasteiger partial charge < -0.3 is 9.84 Å². The summed E-state index contributed by atoms with van der Waals surface area (Å²) in [5.74, 6) is -1.49. The molecular formula is C11H8ClF2NO3. The first-order valence-electron chi connectivity index (χ1n) is 4.76. The Morgan fingerprint density at radius 2 is 2.22 bits per heavy atom. The molecule has 1 aromatic rings. The number of nitrogens with zero attached hydrogens (tertiary/aromatic N) is 1. The minimum atomic E-state index is -3.05. The second kappa shape index (κ2) is 6.17. The molecule has 0 amide bonds. The van der Waals surface area contributed by atoms with Crippen LogP contribution in [0.2, 0.25) is 0 Å². The van der Waals surface area contributed by atoms with Gasteiger partial charge in [0.25, 0.3) is 0 Å². The van der Waals surface area contributed by atoms with Crippen LogP contribution in [0.1, 0.15) is 16.7 Å². The van der Waals surface area contributed by atoms with E-state index in [0.717, 1.165) is 12.1 Å². The number of aliphatic carboxylic acids is 1. The molecule has 0 atom stereocenters. The van der Waals surface area contributed by atoms with E-state index in [1.165, 1.54) is 0 Å². The quantitative estimate of drug-likeness (QED) is 0.838. The van der Waals surface area contributed by atoms with Crippen molar-refractivity contribution in [2.75, 3.05) is 0 Å². The molecule has 96 valence electrons. The van der Waals surface area contributed by atoms with Crippen LogP contribution in [0.25, 0.3) is 0 Å². The van der Waals surface area contributed by atoms with Crippen molar-refractivity contribution in [1.82, 2.24) is 0 Å². The number of hydrogen-bond donors (Lipinski definition) is 1. The van der Waals surface area contributed by atoms with Gasteiger partial charge in [-0.15, -0.1) is 11.6 Å². The zero-order valence-electron chi connectivity index (χ0n) is 8.99. The number of hydrogen-bond acceptors (Lipinski definition) is 3. The van der Waals surface area contributed by atoms with E-state index in [9.17, 15) is 13.6 Å². The Morgan fingerprint density at radius 3 is 2.67 bits per heavy atom. The molecular weight excluding hydrogens is 268 g/mol. The van der Waals surface area contributed by atoms with E-state index in [-0.39, 0.29) is 22.8 Å². The first-order chi connectivity index (χ1) is 8.47. The molecule has 0 saturated heterocycles. The molecule has 0 heterocycles. The molecule has 0 spiro atoms. The first-order valence-corrected chi connectivity index (χ1v) is 5.29. The van der Waals surface area contributed by atoms with E-state index in [4.69, 9.17) is 22.0 Å². The summed E-state index contributed by atoms with van der Waals surface area (Å²) in [5, 5.41) is 17.6. The van der Waals surface area contributed by atoms with Gasteiger partial charge in [0.05, 0.1) is 18.1 Å². The summed E-state index contributed by atoms with van der Waals surface area (Å²) in [6.45, 7) is -3.05. The minimum absolute atomic E-state index is 0.0272. The van der Waals surface area contributed by atoms with E-state index < -0.39 is 19.0 Å². The van der Waals surface area contributed by atoms with Gasteiger partial charge >= 0.3 is 12.6 Å². The third-order valence-corrected chi connectivity index (χ3v) is 2.40. The Labute approximate surface area is 106 Å². The molecule has 0 unspecified atom stereocenters. The lowest BCUT2D eigenvalue weighted by atomic mass is 10.00. The van der Waals surface area contributed by atoms with Crippen LogP contribution in [0.5, 0.6) is 5.75 Å². The van der Waals surface area contributed by atoms with Gasteiger partial charge in [-0.1, -0.05) is 0 Å². The summed E-state index contributed by atoms with van der Waals surface area (Å²) >= 11 is 5.62. The standard InChI is InChI=1S/C11H8ClF2NO3/c12-4-9-6(3-10(16)17)1-8(18-11(13)14)2-7(9)5-15/h1-2,11H,3-4H2,(H,16,17). The van der Waals surface area contributed by atoms with Gasteiger partial charge in [-0.3, -0.25) is 4.79 Å². The van der Waals surface area contributed by atoms with E-state index >= 15 is 0 Å². The van der Waals surface area contributed by atoms with E-state index in [1.807, 2.05) is 0 Å². The molecule has 0 bridgehead atoms. The van der Waals surface area contributed by atoms with Crippen molar-refractivity contribution in [3.63, 3.8) is 0 Å². The highest BCUT2D eigenvalue weighted by Gasteiger charge is 2.15. The fourth-order valence-electron chi connectivity index (χ4n) is 1.45. The zero-order valence-corrected chi connectivity index (χ0v) is 9.75. The number of benzene rings is 1. The van der Waals surface area contributed by atoms with Crippen LogP contribution in [0.3, 0.4) is 0 Å². The maximum atomic E-state index is 12.1. The van der Waals surface area contributed by atoms with Crippen molar-refractivity contribution in [3.8, 4) is 11.8 Å². The number of alkyl halides is 3. The average molecular weight is 276 g/mol. The molecule has 0 saturated carbocycles. The third kappa shape index (κ3) is 3.57. The van der Waals surface area contributed by atoms with Crippen LogP contribution in [-0.4, -0.2) is 17.7 Å². The zero-order chi connectivity index (χ0) is 13.7. The topological polar surface area (TPSA) is 70.3 Å². The highest BCUT2D eigenvalue weighted by atomic mass is 35.5. The van der Waals surface area contributed by atoms with Crippen LogP contribution in [0.15, 0.2) is 12.1 Å². The lowest BCUT2D eigenvalue weighted by Crippen LogP contribution is -2.08. The molecule has 1 N–H and O–H groups in total. The van der Waals surface area contributed by atoms with Gasteiger partial charge in [0, 0.05) is 5.88 Å². The maximum Gasteiger partial charge on any atom is 0.387 e. The van der Waals surface area contributed by atoms with Crippen LogP contribution >= 0.6 is 11.6 Å². The average Bonchev–Trinajstić information content (AvgIpc) is 2.26. The van der Waals surface area contributed by atoms with Gasteiger partial charge in [0.15, 0.2) is 0 Å². The summed E-state index contributed by atoms with van der Waals surface area (Å²) in [4.78, 5) is 10.7. The fourth-order valence-corrected chi connectivity index (χ4v) is 1.77. The SMILES string of the molecule is N#Cc1cc(OC(F)F)cc(CC(=O)O)c1CCl. The summed E-state index contributed by atoms with van der Waals surface area (Å²) < 4.78 is 28.3. The van der Waals surface area contributed by atoms with Crippen LogP contribution < -0.4 is 4.74 Å². The molecule has 0 aromatic heterocycles. The molecule has 0 radical (unpaired) electrons. The molecule has 0 aliphatic heterocycles. The number of ether oxygens (including phenoxy) is 1. The highest BCUT2D eigenvalue weighted by Crippen LogP contribution is 2.25. The lowest BCUT2D eigenvalue weighted by Gasteiger charge is -2.11. The number of halogens is 3. The summed E-state index contributed by atoms with van der Waals surface area (Å²) in [7, 11) is 0. The first kappa shape index (κ1) is 14.2. The van der Waals surface area contributed by atoms with Crippen molar-refractivity contribution in [2.24, 2.45) is 0 Å².